The third-order valence-electron chi connectivity index (χ3n) is 6.87. The van der Waals surface area contributed by atoms with Gasteiger partial charge in [-0.25, -0.2) is 4.79 Å². The van der Waals surface area contributed by atoms with E-state index in [1.165, 1.54) is 6.92 Å². The lowest BCUT2D eigenvalue weighted by Gasteiger charge is -2.47. The minimum absolute atomic E-state index is 0.156. The molecule has 2 saturated heterocycles. The first-order chi connectivity index (χ1) is 19.3. The molecule has 0 aromatic rings. The van der Waals surface area contributed by atoms with Gasteiger partial charge in [0.05, 0.1) is 25.4 Å². The number of carboxylic acids is 1. The standard InChI is InChI=1S/C24H43N3O14/c1-11(29)26-16-13(31)8-24(23(36)37,41-21(16)18(33)14(32)9-28)39-10-15-19(34)20(35)17(27-12(2)30)22(40-15)38-7-5-3-4-6-25/h13-22,28,31-35H,3-10,25H2,1-2H3,(H,26,29)(H,27,30)(H,36,37)/t13-,14+,15+,16+,17+,18+,19+,20+,21+,22+,24+/m0/s1. The number of nitrogens with two attached hydrogens (primary N) is 1. The summed E-state index contributed by atoms with van der Waals surface area (Å²) in [6, 6.07) is -2.57. The van der Waals surface area contributed by atoms with Crippen molar-refractivity contribution in [3.8, 4) is 0 Å². The van der Waals surface area contributed by atoms with Crippen LogP contribution in [0.15, 0.2) is 0 Å². The molecule has 2 heterocycles. The zero-order valence-corrected chi connectivity index (χ0v) is 23.0. The number of nitrogens with one attached hydrogen (secondary N) is 2. The first-order valence-corrected chi connectivity index (χ1v) is 13.4. The number of hydrogen-bond donors (Lipinski definition) is 10. The monoisotopic (exact) mass is 597 g/mol. The molecule has 17 heteroatoms. The van der Waals surface area contributed by atoms with Gasteiger partial charge >= 0.3 is 5.97 Å². The number of carbonyl (C=O) groups is 3. The summed E-state index contributed by atoms with van der Waals surface area (Å²) in [4.78, 5) is 35.7. The molecule has 17 nitrogen and oxygen atoms in total. The molecule has 2 aliphatic rings. The van der Waals surface area contributed by atoms with Gasteiger partial charge in [-0.15, -0.1) is 0 Å². The summed E-state index contributed by atoms with van der Waals surface area (Å²) in [6.07, 6.45) is -11.9. The largest absolute Gasteiger partial charge is 0.477 e. The summed E-state index contributed by atoms with van der Waals surface area (Å²) in [5.74, 6) is -5.64. The van der Waals surface area contributed by atoms with Crippen molar-refractivity contribution in [1.29, 1.82) is 0 Å². The van der Waals surface area contributed by atoms with Crippen LogP contribution in [0, 0.1) is 0 Å². The van der Waals surface area contributed by atoms with Crippen LogP contribution >= 0.6 is 0 Å². The number of amides is 2. The number of rotatable bonds is 15. The summed E-state index contributed by atoms with van der Waals surface area (Å²) >= 11 is 0. The Morgan fingerprint density at radius 1 is 1.02 bits per heavy atom. The summed E-state index contributed by atoms with van der Waals surface area (Å²) in [7, 11) is 0. The van der Waals surface area contributed by atoms with Crippen molar-refractivity contribution < 1.29 is 69.1 Å². The summed E-state index contributed by atoms with van der Waals surface area (Å²) < 4.78 is 22.5. The molecule has 2 fully saturated rings. The van der Waals surface area contributed by atoms with Crippen LogP contribution in [-0.2, 0) is 33.3 Å². The highest BCUT2D eigenvalue weighted by atomic mass is 16.7. The third kappa shape index (κ3) is 9.23. The van der Waals surface area contributed by atoms with E-state index in [9.17, 15) is 50.1 Å². The molecular weight excluding hydrogens is 554 g/mol. The second-order valence-electron chi connectivity index (χ2n) is 10.2. The Hall–Kier alpha value is -2.03. The normalized spacial score (nSPS) is 35.3. The molecule has 0 bridgehead atoms. The Morgan fingerprint density at radius 2 is 1.66 bits per heavy atom. The molecule has 41 heavy (non-hydrogen) atoms. The highest BCUT2D eigenvalue weighted by molar-refractivity contribution is 5.76. The van der Waals surface area contributed by atoms with E-state index in [-0.39, 0.29) is 6.61 Å². The minimum Gasteiger partial charge on any atom is -0.477 e. The second-order valence-corrected chi connectivity index (χ2v) is 10.2. The van der Waals surface area contributed by atoms with E-state index in [0.29, 0.717) is 13.0 Å². The van der Waals surface area contributed by atoms with E-state index in [4.69, 9.17) is 24.7 Å². The molecule has 11 atom stereocenters. The van der Waals surface area contributed by atoms with E-state index in [1.54, 1.807) is 0 Å². The Morgan fingerprint density at radius 3 is 2.22 bits per heavy atom. The van der Waals surface area contributed by atoms with Crippen molar-refractivity contribution in [3.63, 3.8) is 0 Å². The average Bonchev–Trinajstić information content (AvgIpc) is 2.91. The zero-order valence-electron chi connectivity index (χ0n) is 23.0. The molecule has 0 aliphatic carbocycles. The number of aliphatic carboxylic acids is 1. The van der Waals surface area contributed by atoms with Gasteiger partial charge in [-0.1, -0.05) is 0 Å². The maximum atomic E-state index is 12.4. The number of hydrogen-bond acceptors (Lipinski definition) is 14. The quantitative estimate of drug-likeness (QED) is 0.0793. The van der Waals surface area contributed by atoms with Crippen molar-refractivity contribution in [2.24, 2.45) is 5.73 Å². The molecule has 0 aromatic heterocycles. The highest BCUT2D eigenvalue weighted by Crippen LogP contribution is 2.34. The lowest BCUT2D eigenvalue weighted by molar-refractivity contribution is -0.330. The topological polar surface area (TPSA) is 280 Å². The van der Waals surface area contributed by atoms with Crippen LogP contribution in [0.2, 0.25) is 0 Å². The van der Waals surface area contributed by atoms with Crippen LogP contribution in [0.1, 0.15) is 39.5 Å². The predicted octanol–water partition coefficient (Wildman–Crippen LogP) is -4.75. The van der Waals surface area contributed by atoms with Gasteiger partial charge in [0.2, 0.25) is 11.8 Å². The van der Waals surface area contributed by atoms with Gasteiger partial charge < -0.3 is 71.1 Å². The van der Waals surface area contributed by atoms with Crippen molar-refractivity contribution in [3.05, 3.63) is 0 Å². The smallest absolute Gasteiger partial charge is 0.364 e. The third-order valence-corrected chi connectivity index (χ3v) is 6.87. The van der Waals surface area contributed by atoms with Gasteiger partial charge in [0.15, 0.2) is 6.29 Å². The van der Waals surface area contributed by atoms with Crippen LogP contribution in [-0.4, -0.2) is 147 Å². The molecule has 0 spiro atoms. The minimum atomic E-state index is -2.68. The van der Waals surface area contributed by atoms with Crippen LogP contribution in [0.25, 0.3) is 0 Å². The fourth-order valence-corrected chi connectivity index (χ4v) is 4.72. The number of ether oxygens (including phenoxy) is 4. The van der Waals surface area contributed by atoms with Gasteiger partial charge in [-0.3, -0.25) is 9.59 Å². The molecule has 2 aliphatic heterocycles. The van der Waals surface area contributed by atoms with Gasteiger partial charge in [0, 0.05) is 26.9 Å². The summed E-state index contributed by atoms with van der Waals surface area (Å²) in [5, 5.41) is 76.7. The maximum absolute atomic E-state index is 12.4. The summed E-state index contributed by atoms with van der Waals surface area (Å²) in [5.41, 5.74) is 5.48. The van der Waals surface area contributed by atoms with Crippen molar-refractivity contribution in [2.45, 2.75) is 106 Å². The van der Waals surface area contributed by atoms with Gasteiger partial charge in [0.1, 0.15) is 42.7 Å². The fourth-order valence-electron chi connectivity index (χ4n) is 4.72. The number of unbranched alkanes of at least 4 members (excludes halogenated alkanes) is 2. The first kappa shape index (κ1) is 35.2. The Balaban J connectivity index is 2.26. The maximum Gasteiger partial charge on any atom is 0.364 e. The number of aliphatic hydroxyl groups excluding tert-OH is 6. The number of carboxylic acid groups (broad SMARTS) is 1. The van der Waals surface area contributed by atoms with Gasteiger partial charge in [-0.05, 0) is 25.8 Å². The fraction of sp³-hybridized carbons (Fsp3) is 0.875. The molecule has 0 unspecified atom stereocenters. The molecule has 0 radical (unpaired) electrons. The van der Waals surface area contributed by atoms with Crippen LogP contribution in [0.4, 0.5) is 0 Å². The average molecular weight is 598 g/mol. The van der Waals surface area contributed by atoms with Crippen LogP contribution in [0.3, 0.4) is 0 Å². The summed E-state index contributed by atoms with van der Waals surface area (Å²) in [6.45, 7) is 1.25. The van der Waals surface area contributed by atoms with Gasteiger partial charge in [0.25, 0.3) is 5.79 Å². The Labute approximate surface area is 236 Å². The van der Waals surface area contributed by atoms with E-state index in [1.807, 2.05) is 0 Å². The van der Waals surface area contributed by atoms with E-state index in [0.717, 1.165) is 19.8 Å². The number of aliphatic hydroxyl groups is 6. The highest BCUT2D eigenvalue weighted by Gasteiger charge is 2.56. The van der Waals surface area contributed by atoms with Crippen molar-refractivity contribution in [2.75, 3.05) is 26.4 Å². The Bertz CT molecular complexity index is 867. The lowest BCUT2D eigenvalue weighted by atomic mass is 9.88. The predicted molar refractivity (Wildman–Crippen MR) is 136 cm³/mol. The SMILES string of the molecule is CC(=O)N[C@H]1[C@H](OCCCCCN)O[C@H](CO[C@]2(C(=O)O)C[C@H](O)[C@@H](NC(C)=O)[C@H]([C@H](O)[C@H](O)CO)O2)[C@@H](O)[C@@H]1O. The van der Waals surface area contributed by atoms with Crippen molar-refractivity contribution in [1.82, 2.24) is 10.6 Å². The lowest BCUT2D eigenvalue weighted by Crippen LogP contribution is -2.69. The molecule has 238 valence electrons. The molecule has 0 saturated carbocycles. The van der Waals surface area contributed by atoms with Crippen molar-refractivity contribution >= 4 is 17.8 Å². The van der Waals surface area contributed by atoms with E-state index < -0.39 is 104 Å². The molecule has 2 amide bonds. The number of carbonyl (C=O) groups excluding carboxylic acids is 2. The molecule has 2 rings (SSSR count). The molecule has 0 aromatic carbocycles. The molecular formula is C24H43N3O14. The van der Waals surface area contributed by atoms with Crippen LogP contribution in [0.5, 0.6) is 0 Å². The second kappa shape index (κ2) is 16.0. The van der Waals surface area contributed by atoms with Gasteiger partial charge in [-0.2, -0.15) is 0 Å². The van der Waals surface area contributed by atoms with E-state index in [2.05, 4.69) is 10.6 Å². The van der Waals surface area contributed by atoms with Crippen LogP contribution < -0.4 is 16.4 Å². The first-order valence-electron chi connectivity index (χ1n) is 13.4. The zero-order chi connectivity index (χ0) is 30.9. The Kier molecular flexibility index (Phi) is 13.7. The molecule has 11 N–H and O–H groups in total. The van der Waals surface area contributed by atoms with E-state index >= 15 is 0 Å².